The topological polar surface area (TPSA) is 9.23 Å². The van der Waals surface area contributed by atoms with Crippen molar-refractivity contribution >= 4 is 0 Å². The summed E-state index contributed by atoms with van der Waals surface area (Å²) < 4.78 is 72.6. The molecule has 0 aromatic carbocycles. The minimum absolute atomic E-state index is 0.723. The Labute approximate surface area is 70.7 Å². The van der Waals surface area contributed by atoms with Gasteiger partial charge in [0.15, 0.2) is 0 Å². The molecule has 0 aromatic rings. The molecule has 0 unspecified atom stereocenters. The predicted octanol–water partition coefficient (Wildman–Crippen LogP) is 2.91. The molecule has 80 valence electrons. The van der Waals surface area contributed by atoms with Gasteiger partial charge < -0.3 is 4.74 Å². The molecule has 7 heteroatoms. The van der Waals surface area contributed by atoms with Crippen molar-refractivity contribution in [1.82, 2.24) is 0 Å². The SMILES string of the molecule is FC(F)(F)CCOCCC(F)(F)F. The van der Waals surface area contributed by atoms with E-state index in [4.69, 9.17) is 0 Å². The van der Waals surface area contributed by atoms with E-state index < -0.39 is 38.4 Å². The average molecular weight is 210 g/mol. The Hall–Kier alpha value is -0.460. The second kappa shape index (κ2) is 4.69. The van der Waals surface area contributed by atoms with Gasteiger partial charge in [0.2, 0.25) is 0 Å². The highest BCUT2D eigenvalue weighted by molar-refractivity contribution is 4.51. The highest BCUT2D eigenvalue weighted by Crippen LogP contribution is 2.21. The maximum absolute atomic E-state index is 11.4. The predicted molar refractivity (Wildman–Crippen MR) is 32.2 cm³/mol. The van der Waals surface area contributed by atoms with Gasteiger partial charge in [0, 0.05) is 0 Å². The molecule has 0 saturated heterocycles. The van der Waals surface area contributed by atoms with Crippen molar-refractivity contribution in [2.45, 2.75) is 25.2 Å². The lowest BCUT2D eigenvalue weighted by molar-refractivity contribution is -0.158. The number of rotatable bonds is 4. The molecule has 0 saturated carbocycles. The number of alkyl halides is 6. The van der Waals surface area contributed by atoms with Gasteiger partial charge in [-0.1, -0.05) is 0 Å². The van der Waals surface area contributed by atoms with E-state index in [0.29, 0.717) is 0 Å². The number of hydrogen-bond donors (Lipinski definition) is 0. The minimum atomic E-state index is -4.38. The van der Waals surface area contributed by atoms with Gasteiger partial charge in [-0.2, -0.15) is 26.3 Å². The van der Waals surface area contributed by atoms with Crippen LogP contribution < -0.4 is 0 Å². The summed E-state index contributed by atoms with van der Waals surface area (Å²) in [7, 11) is 0. The number of hydrogen-bond acceptors (Lipinski definition) is 1. The maximum Gasteiger partial charge on any atom is 0.391 e. The Kier molecular flexibility index (Phi) is 4.52. The summed E-state index contributed by atoms with van der Waals surface area (Å²) in [6.45, 7) is -1.45. The lowest BCUT2D eigenvalue weighted by atomic mass is 10.4. The van der Waals surface area contributed by atoms with Crippen LogP contribution in [0.4, 0.5) is 26.3 Å². The van der Waals surface area contributed by atoms with Gasteiger partial charge in [0.05, 0.1) is 26.1 Å². The second-order valence-corrected chi connectivity index (χ2v) is 2.34. The second-order valence-electron chi connectivity index (χ2n) is 2.34. The molecule has 0 radical (unpaired) electrons. The zero-order chi connectivity index (χ0) is 10.5. The van der Waals surface area contributed by atoms with Crippen LogP contribution in [0.25, 0.3) is 0 Å². The van der Waals surface area contributed by atoms with Gasteiger partial charge in [-0.15, -0.1) is 0 Å². The van der Waals surface area contributed by atoms with Crippen molar-refractivity contribution in [3.63, 3.8) is 0 Å². The van der Waals surface area contributed by atoms with Crippen LogP contribution in [0.3, 0.4) is 0 Å². The van der Waals surface area contributed by atoms with Gasteiger partial charge in [-0.25, -0.2) is 0 Å². The molecule has 0 rings (SSSR count). The quantitative estimate of drug-likeness (QED) is 0.512. The summed E-state index contributed by atoms with van der Waals surface area (Å²) in [4.78, 5) is 0. The van der Waals surface area contributed by atoms with Crippen LogP contribution >= 0.6 is 0 Å². The summed E-state index contributed by atoms with van der Waals surface area (Å²) in [6.07, 6.45) is -11.2. The smallest absolute Gasteiger partial charge is 0.381 e. The zero-order valence-electron chi connectivity index (χ0n) is 6.50. The molecule has 0 atom stereocenters. The molecule has 0 aromatic heterocycles. The largest absolute Gasteiger partial charge is 0.391 e. The van der Waals surface area contributed by atoms with Gasteiger partial charge in [-0.05, 0) is 0 Å². The van der Waals surface area contributed by atoms with Crippen LogP contribution in [0.2, 0.25) is 0 Å². The van der Waals surface area contributed by atoms with Crippen molar-refractivity contribution in [1.29, 1.82) is 0 Å². The standard InChI is InChI=1S/C6H8F6O/c7-5(8,9)1-3-13-4-2-6(10,11)12/h1-4H2. The zero-order valence-corrected chi connectivity index (χ0v) is 6.50. The molecular formula is C6H8F6O. The number of halogens is 6. The van der Waals surface area contributed by atoms with E-state index >= 15 is 0 Å². The fourth-order valence-corrected chi connectivity index (χ4v) is 0.478. The van der Waals surface area contributed by atoms with Crippen molar-refractivity contribution in [2.24, 2.45) is 0 Å². The fourth-order valence-electron chi connectivity index (χ4n) is 0.478. The van der Waals surface area contributed by atoms with Crippen molar-refractivity contribution < 1.29 is 31.1 Å². The fraction of sp³-hybridized carbons (Fsp3) is 1.00. The third-order valence-electron chi connectivity index (χ3n) is 1.06. The molecule has 0 spiro atoms. The summed E-state index contributed by atoms with van der Waals surface area (Å²) in [5.74, 6) is 0. The summed E-state index contributed by atoms with van der Waals surface area (Å²) in [5.41, 5.74) is 0. The molecule has 0 bridgehead atoms. The van der Waals surface area contributed by atoms with Crippen LogP contribution in [-0.2, 0) is 4.74 Å². The van der Waals surface area contributed by atoms with E-state index in [1.54, 1.807) is 0 Å². The molecule has 0 fully saturated rings. The van der Waals surface area contributed by atoms with Crippen molar-refractivity contribution in [3.8, 4) is 0 Å². The first-order valence-corrected chi connectivity index (χ1v) is 3.42. The van der Waals surface area contributed by atoms with Crippen LogP contribution in [0.1, 0.15) is 12.8 Å². The van der Waals surface area contributed by atoms with E-state index in [2.05, 4.69) is 4.74 Å². The van der Waals surface area contributed by atoms with Gasteiger partial charge in [-0.3, -0.25) is 0 Å². The summed E-state index contributed by atoms with van der Waals surface area (Å²) in [5, 5.41) is 0. The first kappa shape index (κ1) is 12.5. The Bertz CT molecular complexity index is 121. The van der Waals surface area contributed by atoms with Crippen molar-refractivity contribution in [2.75, 3.05) is 13.2 Å². The highest BCUT2D eigenvalue weighted by Gasteiger charge is 2.28. The van der Waals surface area contributed by atoms with Crippen LogP contribution in [0.5, 0.6) is 0 Å². The van der Waals surface area contributed by atoms with Gasteiger partial charge in [0.1, 0.15) is 0 Å². The summed E-state index contributed by atoms with van der Waals surface area (Å²) >= 11 is 0. The van der Waals surface area contributed by atoms with Gasteiger partial charge >= 0.3 is 12.4 Å². The minimum Gasteiger partial charge on any atom is -0.381 e. The Balaban J connectivity index is 3.28. The normalized spacial score (nSPS) is 13.4. The molecule has 0 amide bonds. The Morgan fingerprint density at radius 1 is 0.692 bits per heavy atom. The molecule has 1 nitrogen and oxygen atoms in total. The van der Waals surface area contributed by atoms with Gasteiger partial charge in [0.25, 0.3) is 0 Å². The average Bonchev–Trinajstić information content (AvgIpc) is 1.81. The Morgan fingerprint density at radius 2 is 1.00 bits per heavy atom. The maximum atomic E-state index is 11.4. The molecule has 0 N–H and O–H groups in total. The Morgan fingerprint density at radius 3 is 1.23 bits per heavy atom. The van der Waals surface area contributed by atoms with E-state index in [9.17, 15) is 26.3 Å². The third kappa shape index (κ3) is 11.5. The number of ether oxygens (including phenoxy) is 1. The molecule has 0 aliphatic heterocycles. The lowest BCUT2D eigenvalue weighted by Gasteiger charge is -2.08. The molecule has 0 aliphatic carbocycles. The van der Waals surface area contributed by atoms with Crippen LogP contribution in [0, 0.1) is 0 Å². The lowest BCUT2D eigenvalue weighted by Crippen LogP contribution is -2.15. The highest BCUT2D eigenvalue weighted by atomic mass is 19.4. The molecular weight excluding hydrogens is 202 g/mol. The van der Waals surface area contributed by atoms with E-state index in [1.807, 2.05) is 0 Å². The van der Waals surface area contributed by atoms with E-state index in [1.165, 1.54) is 0 Å². The van der Waals surface area contributed by atoms with E-state index in [-0.39, 0.29) is 0 Å². The monoisotopic (exact) mass is 210 g/mol. The third-order valence-corrected chi connectivity index (χ3v) is 1.06. The summed E-state index contributed by atoms with van der Waals surface area (Å²) in [6, 6.07) is 0. The van der Waals surface area contributed by atoms with Crippen molar-refractivity contribution in [3.05, 3.63) is 0 Å². The van der Waals surface area contributed by atoms with Crippen LogP contribution in [-0.4, -0.2) is 25.6 Å². The molecule has 13 heavy (non-hydrogen) atoms. The first-order chi connectivity index (χ1) is 5.71. The first-order valence-electron chi connectivity index (χ1n) is 3.42. The molecule has 0 aliphatic rings. The van der Waals surface area contributed by atoms with Crippen LogP contribution in [0.15, 0.2) is 0 Å². The van der Waals surface area contributed by atoms with E-state index in [0.717, 1.165) is 0 Å². The molecule has 0 heterocycles.